The first-order chi connectivity index (χ1) is 7.61. The smallest absolute Gasteiger partial charge is 0.211 e. The van der Waals surface area contributed by atoms with Gasteiger partial charge in [-0.2, -0.15) is 5.10 Å². The Morgan fingerprint density at radius 1 is 1.12 bits per heavy atom. The van der Waals surface area contributed by atoms with Crippen molar-refractivity contribution in [3.8, 4) is 5.75 Å². The van der Waals surface area contributed by atoms with Crippen LogP contribution in [0, 0.1) is 6.92 Å². The average Bonchev–Trinajstić information content (AvgIpc) is 2.29. The Kier molecular flexibility index (Phi) is 4.70. The minimum atomic E-state index is 0.552. The zero-order valence-electron chi connectivity index (χ0n) is 10.3. The normalized spacial score (nSPS) is 12.8. The molecule has 0 fully saturated rings. The van der Waals surface area contributed by atoms with E-state index in [0.29, 0.717) is 5.90 Å². The van der Waals surface area contributed by atoms with E-state index >= 15 is 0 Å². The van der Waals surface area contributed by atoms with E-state index < -0.39 is 0 Å². The van der Waals surface area contributed by atoms with Crippen molar-refractivity contribution in [3.63, 3.8) is 0 Å². The summed E-state index contributed by atoms with van der Waals surface area (Å²) in [5.41, 5.74) is 2.20. The summed E-state index contributed by atoms with van der Waals surface area (Å²) in [5, 5.41) is 8.03. The molecular formula is C13H18N2O. The Bertz CT molecular complexity index is 391. The minimum Gasteiger partial charge on any atom is -0.442 e. The van der Waals surface area contributed by atoms with Gasteiger partial charge < -0.3 is 4.74 Å². The second-order valence-corrected chi connectivity index (χ2v) is 3.72. The van der Waals surface area contributed by atoms with Crippen LogP contribution < -0.4 is 4.74 Å². The molecule has 1 rings (SSSR count). The van der Waals surface area contributed by atoms with Crippen LogP contribution in [0.15, 0.2) is 34.5 Å². The lowest BCUT2D eigenvalue weighted by Crippen LogP contribution is -2.02. The van der Waals surface area contributed by atoms with Gasteiger partial charge in [0.15, 0.2) is 0 Å². The van der Waals surface area contributed by atoms with E-state index in [9.17, 15) is 0 Å². The molecule has 3 heteroatoms. The van der Waals surface area contributed by atoms with Gasteiger partial charge in [0.1, 0.15) is 5.75 Å². The van der Waals surface area contributed by atoms with Gasteiger partial charge in [-0.15, -0.1) is 5.10 Å². The molecule has 0 aliphatic heterocycles. The van der Waals surface area contributed by atoms with Gasteiger partial charge in [0.25, 0.3) is 0 Å². The molecule has 0 saturated heterocycles. The molecule has 1 aromatic carbocycles. The summed E-state index contributed by atoms with van der Waals surface area (Å²) in [4.78, 5) is 0. The molecule has 1 aromatic rings. The Morgan fingerprint density at radius 3 is 2.31 bits per heavy atom. The summed E-state index contributed by atoms with van der Waals surface area (Å²) in [6.07, 6.45) is 0.904. The molecule has 0 radical (unpaired) electrons. The van der Waals surface area contributed by atoms with Crippen molar-refractivity contribution in [1.82, 2.24) is 0 Å². The maximum atomic E-state index is 5.51. The second-order valence-electron chi connectivity index (χ2n) is 3.72. The molecule has 0 bridgehead atoms. The third kappa shape index (κ3) is 4.26. The molecule has 0 saturated carbocycles. The fraction of sp³-hybridized carbons (Fsp3) is 0.385. The van der Waals surface area contributed by atoms with E-state index in [2.05, 4.69) is 10.2 Å². The predicted molar refractivity (Wildman–Crippen MR) is 68.3 cm³/mol. The van der Waals surface area contributed by atoms with Gasteiger partial charge in [-0.05, 0) is 32.4 Å². The van der Waals surface area contributed by atoms with Crippen molar-refractivity contribution < 1.29 is 4.74 Å². The van der Waals surface area contributed by atoms with Crippen LogP contribution in [0.2, 0.25) is 0 Å². The van der Waals surface area contributed by atoms with Crippen LogP contribution >= 0.6 is 0 Å². The van der Waals surface area contributed by atoms with Crippen molar-refractivity contribution >= 4 is 11.6 Å². The monoisotopic (exact) mass is 218 g/mol. The molecule has 86 valence electrons. The van der Waals surface area contributed by atoms with E-state index in [1.165, 1.54) is 5.56 Å². The van der Waals surface area contributed by atoms with Crippen LogP contribution in [0.4, 0.5) is 0 Å². The summed E-state index contributed by atoms with van der Waals surface area (Å²) < 4.78 is 5.51. The lowest BCUT2D eigenvalue weighted by atomic mass is 10.2. The number of hydrogen-bond donors (Lipinski definition) is 0. The highest BCUT2D eigenvalue weighted by Crippen LogP contribution is 2.11. The van der Waals surface area contributed by atoms with Gasteiger partial charge >= 0.3 is 0 Å². The highest BCUT2D eigenvalue weighted by molar-refractivity contribution is 5.83. The van der Waals surface area contributed by atoms with Crippen molar-refractivity contribution in [2.45, 2.75) is 34.1 Å². The molecular weight excluding hydrogens is 200 g/mol. The third-order valence-corrected chi connectivity index (χ3v) is 2.16. The Hall–Kier alpha value is -1.64. The zero-order chi connectivity index (χ0) is 12.0. The van der Waals surface area contributed by atoms with E-state index in [1.807, 2.05) is 45.0 Å². The lowest BCUT2D eigenvalue weighted by Gasteiger charge is -2.03. The minimum absolute atomic E-state index is 0.552. The van der Waals surface area contributed by atoms with Crippen molar-refractivity contribution in [3.05, 3.63) is 29.8 Å². The number of rotatable bonds is 3. The maximum absolute atomic E-state index is 5.51. The first-order valence-electron chi connectivity index (χ1n) is 5.44. The Morgan fingerprint density at radius 2 is 1.75 bits per heavy atom. The summed E-state index contributed by atoms with van der Waals surface area (Å²) in [6.45, 7) is 7.83. The molecule has 0 amide bonds. The van der Waals surface area contributed by atoms with Crippen LogP contribution in [0.25, 0.3) is 0 Å². The molecule has 0 aliphatic carbocycles. The van der Waals surface area contributed by atoms with Gasteiger partial charge in [-0.1, -0.05) is 24.6 Å². The highest BCUT2D eigenvalue weighted by atomic mass is 16.5. The molecule has 0 atom stereocenters. The molecule has 16 heavy (non-hydrogen) atoms. The quantitative estimate of drug-likeness (QED) is 0.433. The van der Waals surface area contributed by atoms with Crippen LogP contribution in [-0.4, -0.2) is 11.6 Å². The van der Waals surface area contributed by atoms with Crippen LogP contribution in [0.5, 0.6) is 5.75 Å². The first kappa shape index (κ1) is 12.4. The van der Waals surface area contributed by atoms with Gasteiger partial charge in [0.2, 0.25) is 5.90 Å². The first-order valence-corrected chi connectivity index (χ1v) is 5.44. The molecule has 0 spiro atoms. The maximum Gasteiger partial charge on any atom is 0.211 e. The molecule has 3 nitrogen and oxygen atoms in total. The van der Waals surface area contributed by atoms with E-state index in [4.69, 9.17) is 4.74 Å². The number of benzene rings is 1. The molecule has 0 aromatic heterocycles. The fourth-order valence-electron chi connectivity index (χ4n) is 1.02. The van der Waals surface area contributed by atoms with E-state index in [-0.39, 0.29) is 0 Å². The van der Waals surface area contributed by atoms with Gasteiger partial charge in [-0.3, -0.25) is 0 Å². The molecule has 0 N–H and O–H groups in total. The topological polar surface area (TPSA) is 34.0 Å². The van der Waals surface area contributed by atoms with E-state index in [0.717, 1.165) is 17.9 Å². The highest BCUT2D eigenvalue weighted by Gasteiger charge is 1.95. The number of aryl methyl sites for hydroxylation is 1. The SMILES string of the molecule is CC/C(C)=N/N=C(\C)Oc1ccc(C)cc1. The Balaban J connectivity index is 2.64. The third-order valence-electron chi connectivity index (χ3n) is 2.16. The largest absolute Gasteiger partial charge is 0.442 e. The van der Waals surface area contributed by atoms with Gasteiger partial charge in [0, 0.05) is 12.6 Å². The van der Waals surface area contributed by atoms with Crippen LogP contribution in [-0.2, 0) is 0 Å². The predicted octanol–water partition coefficient (Wildman–Crippen LogP) is 3.58. The number of nitrogens with zero attached hydrogens (tertiary/aromatic N) is 2. The Labute approximate surface area is 96.9 Å². The lowest BCUT2D eigenvalue weighted by molar-refractivity contribution is 0.543. The summed E-state index contributed by atoms with van der Waals surface area (Å²) in [6, 6.07) is 7.85. The molecule has 0 heterocycles. The van der Waals surface area contributed by atoms with Gasteiger partial charge in [-0.25, -0.2) is 0 Å². The fourth-order valence-corrected chi connectivity index (χ4v) is 1.02. The van der Waals surface area contributed by atoms with Crippen molar-refractivity contribution in [1.29, 1.82) is 0 Å². The number of ether oxygens (including phenoxy) is 1. The van der Waals surface area contributed by atoms with Crippen molar-refractivity contribution in [2.24, 2.45) is 10.2 Å². The van der Waals surface area contributed by atoms with Crippen LogP contribution in [0.3, 0.4) is 0 Å². The van der Waals surface area contributed by atoms with E-state index in [1.54, 1.807) is 6.92 Å². The second kappa shape index (κ2) is 6.05. The summed E-state index contributed by atoms with van der Waals surface area (Å²) in [5.74, 6) is 1.34. The van der Waals surface area contributed by atoms with Gasteiger partial charge in [0.05, 0.1) is 0 Å². The summed E-state index contributed by atoms with van der Waals surface area (Å²) in [7, 11) is 0. The average molecular weight is 218 g/mol. The van der Waals surface area contributed by atoms with Crippen LogP contribution in [0.1, 0.15) is 32.8 Å². The summed E-state index contributed by atoms with van der Waals surface area (Å²) >= 11 is 0. The zero-order valence-corrected chi connectivity index (χ0v) is 10.3. The van der Waals surface area contributed by atoms with Crippen molar-refractivity contribution in [2.75, 3.05) is 0 Å². The molecule has 0 aliphatic rings. The standard InChI is InChI=1S/C13H18N2O/c1-5-11(3)14-15-12(4)16-13-8-6-10(2)7-9-13/h6-9H,5H2,1-4H3/b14-11+,15-12+. The number of hydrogen-bond acceptors (Lipinski definition) is 3. The molecule has 0 unspecified atom stereocenters.